The Labute approximate surface area is 128 Å². The number of hydrogen-bond donors (Lipinski definition) is 0. The molecule has 0 spiro atoms. The van der Waals surface area contributed by atoms with Gasteiger partial charge >= 0.3 is 0 Å². The molecule has 0 bridgehead atoms. The summed E-state index contributed by atoms with van der Waals surface area (Å²) in [6, 6.07) is 7.97. The molecule has 2 aromatic rings. The smallest absolute Gasteiger partial charge is 0.276 e. The molecule has 1 aromatic heterocycles. The first-order valence-electron chi connectivity index (χ1n) is 7.61. The Morgan fingerprint density at radius 3 is 2.50 bits per heavy atom. The molecule has 5 heteroatoms. The average Bonchev–Trinajstić information content (AvgIpc) is 2.97. The van der Waals surface area contributed by atoms with Gasteiger partial charge in [-0.1, -0.05) is 5.16 Å². The number of hydrogen-bond acceptors (Lipinski definition) is 3. The molecule has 0 N–H and O–H groups in total. The summed E-state index contributed by atoms with van der Waals surface area (Å²) >= 11 is 0. The van der Waals surface area contributed by atoms with Crippen LogP contribution < -0.4 is 0 Å². The number of aromatic nitrogens is 1. The molecule has 0 saturated carbocycles. The molecule has 1 fully saturated rings. The third-order valence-electron chi connectivity index (χ3n) is 4.29. The standard InChI is InChI=1S/C17H19FN2O2/c1-11-4-3-5-12(2)20(11)17(21)15-10-16(22-19-15)13-6-8-14(18)9-7-13/h6-12H,3-5H2,1-2H3/t11-,12+. The summed E-state index contributed by atoms with van der Waals surface area (Å²) in [4.78, 5) is 14.5. The summed E-state index contributed by atoms with van der Waals surface area (Å²) in [5, 5.41) is 3.90. The second-order valence-corrected chi connectivity index (χ2v) is 5.92. The first kappa shape index (κ1) is 14.8. The van der Waals surface area contributed by atoms with E-state index in [-0.39, 0.29) is 23.8 Å². The van der Waals surface area contributed by atoms with E-state index in [1.54, 1.807) is 18.2 Å². The minimum Gasteiger partial charge on any atom is -0.355 e. The molecule has 4 nitrogen and oxygen atoms in total. The summed E-state index contributed by atoms with van der Waals surface area (Å²) in [6.45, 7) is 4.13. The number of halogens is 1. The van der Waals surface area contributed by atoms with Gasteiger partial charge in [-0.25, -0.2) is 4.39 Å². The lowest BCUT2D eigenvalue weighted by Crippen LogP contribution is -2.47. The summed E-state index contributed by atoms with van der Waals surface area (Å²) < 4.78 is 18.2. The highest BCUT2D eigenvalue weighted by molar-refractivity contribution is 5.93. The molecule has 0 aliphatic carbocycles. The third kappa shape index (κ3) is 2.75. The van der Waals surface area contributed by atoms with Crippen LogP contribution in [-0.4, -0.2) is 28.0 Å². The van der Waals surface area contributed by atoms with Gasteiger partial charge in [0.2, 0.25) is 0 Å². The van der Waals surface area contributed by atoms with Gasteiger partial charge < -0.3 is 9.42 Å². The maximum Gasteiger partial charge on any atom is 0.276 e. The van der Waals surface area contributed by atoms with Gasteiger partial charge in [-0.2, -0.15) is 0 Å². The highest BCUT2D eigenvalue weighted by Gasteiger charge is 2.31. The molecule has 1 aliphatic heterocycles. The van der Waals surface area contributed by atoms with Crippen LogP contribution in [0.15, 0.2) is 34.9 Å². The van der Waals surface area contributed by atoms with E-state index in [1.807, 2.05) is 4.90 Å². The zero-order chi connectivity index (χ0) is 15.7. The molecule has 22 heavy (non-hydrogen) atoms. The molecule has 0 radical (unpaired) electrons. The molecule has 1 saturated heterocycles. The molecule has 0 unspecified atom stereocenters. The largest absolute Gasteiger partial charge is 0.355 e. The van der Waals surface area contributed by atoms with Crippen molar-refractivity contribution in [1.29, 1.82) is 0 Å². The van der Waals surface area contributed by atoms with E-state index in [0.29, 0.717) is 17.0 Å². The Morgan fingerprint density at radius 2 is 1.86 bits per heavy atom. The van der Waals surface area contributed by atoms with Crippen LogP contribution in [0.4, 0.5) is 4.39 Å². The number of piperidine rings is 1. The normalized spacial score (nSPS) is 21.9. The second kappa shape index (κ2) is 5.91. The number of nitrogens with zero attached hydrogens (tertiary/aromatic N) is 2. The average molecular weight is 302 g/mol. The zero-order valence-corrected chi connectivity index (χ0v) is 12.8. The SMILES string of the molecule is C[C@@H]1CCC[C@H](C)N1C(=O)c1cc(-c2ccc(F)cc2)on1. The van der Waals surface area contributed by atoms with E-state index in [4.69, 9.17) is 4.52 Å². The zero-order valence-electron chi connectivity index (χ0n) is 12.8. The van der Waals surface area contributed by atoms with E-state index < -0.39 is 0 Å². The molecule has 2 heterocycles. The molecule has 1 aliphatic rings. The fourth-order valence-electron chi connectivity index (χ4n) is 3.08. The van der Waals surface area contributed by atoms with Crippen molar-refractivity contribution in [2.24, 2.45) is 0 Å². The number of benzene rings is 1. The van der Waals surface area contributed by atoms with E-state index in [0.717, 1.165) is 19.3 Å². The van der Waals surface area contributed by atoms with Crippen molar-refractivity contribution in [1.82, 2.24) is 10.1 Å². The van der Waals surface area contributed by atoms with E-state index in [2.05, 4.69) is 19.0 Å². The highest BCUT2D eigenvalue weighted by atomic mass is 19.1. The number of amides is 1. The Balaban J connectivity index is 1.83. The topological polar surface area (TPSA) is 46.3 Å². The number of carbonyl (C=O) groups excluding carboxylic acids is 1. The third-order valence-corrected chi connectivity index (χ3v) is 4.29. The maximum atomic E-state index is 13.0. The van der Waals surface area contributed by atoms with Crippen LogP contribution in [0.2, 0.25) is 0 Å². The van der Waals surface area contributed by atoms with Crippen LogP contribution in [0.25, 0.3) is 11.3 Å². The molecule has 116 valence electrons. The predicted octanol–water partition coefficient (Wildman–Crippen LogP) is 3.88. The number of likely N-dealkylation sites (tertiary alicyclic amines) is 1. The molecule has 3 rings (SSSR count). The van der Waals surface area contributed by atoms with Crippen LogP contribution in [0.1, 0.15) is 43.6 Å². The number of carbonyl (C=O) groups is 1. The van der Waals surface area contributed by atoms with Crippen molar-refractivity contribution in [2.75, 3.05) is 0 Å². The Morgan fingerprint density at radius 1 is 1.23 bits per heavy atom. The highest BCUT2D eigenvalue weighted by Crippen LogP contribution is 2.26. The van der Waals surface area contributed by atoms with E-state index in [1.165, 1.54) is 12.1 Å². The van der Waals surface area contributed by atoms with Crippen molar-refractivity contribution in [3.8, 4) is 11.3 Å². The van der Waals surface area contributed by atoms with Gasteiger partial charge in [0, 0.05) is 23.7 Å². The van der Waals surface area contributed by atoms with Gasteiger partial charge in [0.05, 0.1) is 0 Å². The fraction of sp³-hybridized carbons (Fsp3) is 0.412. The molecule has 1 aromatic carbocycles. The second-order valence-electron chi connectivity index (χ2n) is 5.92. The van der Waals surface area contributed by atoms with Crippen molar-refractivity contribution in [3.63, 3.8) is 0 Å². The lowest BCUT2D eigenvalue weighted by Gasteiger charge is -2.38. The Bertz CT molecular complexity index is 656. The Hall–Kier alpha value is -2.17. The van der Waals surface area contributed by atoms with Crippen molar-refractivity contribution >= 4 is 5.91 Å². The summed E-state index contributed by atoms with van der Waals surface area (Å²) in [6.07, 6.45) is 3.17. The van der Waals surface area contributed by atoms with Gasteiger partial charge in [0.15, 0.2) is 11.5 Å². The quantitative estimate of drug-likeness (QED) is 0.845. The van der Waals surface area contributed by atoms with Crippen LogP contribution in [0, 0.1) is 5.82 Å². The van der Waals surface area contributed by atoms with Crippen molar-refractivity contribution in [2.45, 2.75) is 45.2 Å². The van der Waals surface area contributed by atoms with Crippen LogP contribution in [-0.2, 0) is 0 Å². The van der Waals surface area contributed by atoms with Crippen LogP contribution >= 0.6 is 0 Å². The van der Waals surface area contributed by atoms with Crippen LogP contribution in [0.3, 0.4) is 0 Å². The summed E-state index contributed by atoms with van der Waals surface area (Å²) in [5.74, 6) is 0.0630. The Kier molecular flexibility index (Phi) is 3.96. The lowest BCUT2D eigenvalue weighted by atomic mass is 9.97. The minimum absolute atomic E-state index is 0.100. The van der Waals surface area contributed by atoms with Gasteiger partial charge in [0.1, 0.15) is 5.82 Å². The van der Waals surface area contributed by atoms with Gasteiger partial charge in [-0.3, -0.25) is 4.79 Å². The lowest BCUT2D eigenvalue weighted by molar-refractivity contribution is 0.0500. The predicted molar refractivity (Wildman–Crippen MR) is 80.8 cm³/mol. The monoisotopic (exact) mass is 302 g/mol. The molecule has 2 atom stereocenters. The first-order chi connectivity index (χ1) is 10.6. The molecule has 1 amide bonds. The van der Waals surface area contributed by atoms with Crippen molar-refractivity contribution in [3.05, 3.63) is 41.8 Å². The van der Waals surface area contributed by atoms with E-state index >= 15 is 0 Å². The summed E-state index contributed by atoms with van der Waals surface area (Å²) in [5.41, 5.74) is 1.01. The first-order valence-corrected chi connectivity index (χ1v) is 7.61. The van der Waals surface area contributed by atoms with Gasteiger partial charge in [-0.15, -0.1) is 0 Å². The minimum atomic E-state index is -0.310. The van der Waals surface area contributed by atoms with Gasteiger partial charge in [-0.05, 0) is 57.4 Å². The fourth-order valence-corrected chi connectivity index (χ4v) is 3.08. The molecular formula is C17H19FN2O2. The maximum absolute atomic E-state index is 13.0. The van der Waals surface area contributed by atoms with E-state index in [9.17, 15) is 9.18 Å². The van der Waals surface area contributed by atoms with Gasteiger partial charge in [0.25, 0.3) is 5.91 Å². The molecular weight excluding hydrogens is 283 g/mol. The van der Waals surface area contributed by atoms with Crippen LogP contribution in [0.5, 0.6) is 0 Å². The van der Waals surface area contributed by atoms with Crippen molar-refractivity contribution < 1.29 is 13.7 Å². The summed E-state index contributed by atoms with van der Waals surface area (Å²) in [7, 11) is 0. The number of rotatable bonds is 2.